The van der Waals surface area contributed by atoms with Crippen molar-refractivity contribution in [2.24, 2.45) is 0 Å². The highest BCUT2D eigenvalue weighted by atomic mass is 35.5. The summed E-state index contributed by atoms with van der Waals surface area (Å²) >= 11 is 12.3. The summed E-state index contributed by atoms with van der Waals surface area (Å²) in [5.41, 5.74) is 1.66. The summed E-state index contributed by atoms with van der Waals surface area (Å²) in [6, 6.07) is 9.26. The Morgan fingerprint density at radius 3 is 2.68 bits per heavy atom. The van der Waals surface area contributed by atoms with E-state index in [1.165, 1.54) is 0 Å². The number of halogens is 3. The van der Waals surface area contributed by atoms with Gasteiger partial charge in [0.1, 0.15) is 17.8 Å². The van der Waals surface area contributed by atoms with Crippen LogP contribution in [0.2, 0.25) is 10.0 Å². The molecule has 11 heteroatoms. The third kappa shape index (κ3) is 5.06. The Balaban J connectivity index is 1.25. The number of amides is 1. The third-order valence-corrected chi connectivity index (χ3v) is 6.94. The zero-order chi connectivity index (χ0) is 23.7. The Hall–Kier alpha value is -2.62. The number of nitrogens with one attached hydrogen (secondary N) is 1. The molecule has 1 amide bonds. The Morgan fingerprint density at radius 1 is 1.12 bits per heavy atom. The Kier molecular flexibility index (Phi) is 6.76. The molecular formula is C23H26Cl2FN7O. The highest BCUT2D eigenvalue weighted by molar-refractivity contribution is 6.35. The summed E-state index contributed by atoms with van der Waals surface area (Å²) in [4.78, 5) is 23.3. The summed E-state index contributed by atoms with van der Waals surface area (Å²) in [6.45, 7) is 4.39. The lowest BCUT2D eigenvalue weighted by atomic mass is 10.2. The smallest absolute Gasteiger partial charge is 0.236 e. The molecule has 180 valence electrons. The molecule has 0 unspecified atom stereocenters. The number of alkyl halides is 1. The number of benzene rings is 1. The van der Waals surface area contributed by atoms with Crippen molar-refractivity contribution in [1.82, 2.24) is 24.4 Å². The van der Waals surface area contributed by atoms with Crippen molar-refractivity contribution in [2.75, 3.05) is 56.0 Å². The maximum Gasteiger partial charge on any atom is 0.236 e. The maximum absolute atomic E-state index is 13.4. The number of carbonyl (C=O) groups excluding carboxylic acids is 1. The molecule has 2 aliphatic rings. The van der Waals surface area contributed by atoms with E-state index >= 15 is 0 Å². The van der Waals surface area contributed by atoms with Crippen molar-refractivity contribution >= 4 is 46.4 Å². The first-order valence-electron chi connectivity index (χ1n) is 11.4. The van der Waals surface area contributed by atoms with Crippen LogP contribution >= 0.6 is 23.2 Å². The van der Waals surface area contributed by atoms with Crippen LogP contribution in [0.15, 0.2) is 36.5 Å². The van der Waals surface area contributed by atoms with Crippen LogP contribution in [-0.2, 0) is 11.3 Å². The fraction of sp³-hybridized carbons (Fsp3) is 0.435. The van der Waals surface area contributed by atoms with E-state index in [0.717, 1.165) is 22.8 Å². The second-order valence-electron chi connectivity index (χ2n) is 8.68. The minimum Gasteiger partial charge on any atom is -0.366 e. The molecule has 34 heavy (non-hydrogen) atoms. The molecular weight excluding hydrogens is 480 g/mol. The number of aromatic nitrogens is 3. The number of hydrogen-bond acceptors (Lipinski definition) is 6. The van der Waals surface area contributed by atoms with Crippen LogP contribution in [0.1, 0.15) is 12.0 Å². The first-order valence-corrected chi connectivity index (χ1v) is 12.1. The van der Waals surface area contributed by atoms with Gasteiger partial charge in [-0.2, -0.15) is 9.61 Å². The number of carbonyl (C=O) groups is 1. The molecule has 5 rings (SSSR count). The topological polar surface area (TPSA) is 69.0 Å². The number of piperazine rings is 1. The van der Waals surface area contributed by atoms with Crippen LogP contribution in [0.5, 0.6) is 0 Å². The third-order valence-electron chi connectivity index (χ3n) is 6.35. The molecule has 0 radical (unpaired) electrons. The van der Waals surface area contributed by atoms with Gasteiger partial charge in [0.25, 0.3) is 0 Å². The normalized spacial score (nSPS) is 19.2. The molecule has 1 aromatic carbocycles. The SMILES string of the molecule is O=C(CN1CC[C@@H](F)C1)N1CCN(c2cc(NCc3ccc(Cl)cc3Cl)n3nccc3n2)CC1. The van der Waals surface area contributed by atoms with E-state index in [2.05, 4.69) is 15.3 Å². The van der Waals surface area contributed by atoms with Gasteiger partial charge >= 0.3 is 0 Å². The summed E-state index contributed by atoms with van der Waals surface area (Å²) in [7, 11) is 0. The molecule has 2 aromatic heterocycles. The van der Waals surface area contributed by atoms with E-state index in [1.54, 1.807) is 16.8 Å². The molecule has 0 spiro atoms. The lowest BCUT2D eigenvalue weighted by molar-refractivity contribution is -0.132. The molecule has 0 aliphatic carbocycles. The first-order chi connectivity index (χ1) is 16.5. The number of nitrogens with zero attached hydrogens (tertiary/aromatic N) is 6. The largest absolute Gasteiger partial charge is 0.366 e. The van der Waals surface area contributed by atoms with Gasteiger partial charge in [0.2, 0.25) is 5.91 Å². The van der Waals surface area contributed by atoms with Gasteiger partial charge < -0.3 is 15.1 Å². The Morgan fingerprint density at radius 2 is 1.94 bits per heavy atom. The molecule has 1 atom stereocenters. The second-order valence-corrected chi connectivity index (χ2v) is 9.52. The zero-order valence-electron chi connectivity index (χ0n) is 18.6. The van der Waals surface area contributed by atoms with E-state index in [4.69, 9.17) is 28.2 Å². The van der Waals surface area contributed by atoms with Gasteiger partial charge in [-0.3, -0.25) is 9.69 Å². The fourth-order valence-corrected chi connectivity index (χ4v) is 4.92. The van der Waals surface area contributed by atoms with Crippen LogP contribution < -0.4 is 10.2 Å². The van der Waals surface area contributed by atoms with Gasteiger partial charge in [0, 0.05) is 68.0 Å². The minimum absolute atomic E-state index is 0.0650. The van der Waals surface area contributed by atoms with Crippen molar-refractivity contribution in [3.8, 4) is 0 Å². The number of hydrogen-bond donors (Lipinski definition) is 1. The predicted octanol–water partition coefficient (Wildman–Crippen LogP) is 3.34. The fourth-order valence-electron chi connectivity index (χ4n) is 4.44. The van der Waals surface area contributed by atoms with Gasteiger partial charge in [-0.15, -0.1) is 0 Å². The van der Waals surface area contributed by atoms with Crippen molar-refractivity contribution < 1.29 is 9.18 Å². The number of anilines is 2. The van der Waals surface area contributed by atoms with Crippen LogP contribution in [0, 0.1) is 0 Å². The van der Waals surface area contributed by atoms with Crippen molar-refractivity contribution in [3.63, 3.8) is 0 Å². The van der Waals surface area contributed by atoms with Gasteiger partial charge in [0.15, 0.2) is 5.65 Å². The van der Waals surface area contributed by atoms with Crippen molar-refractivity contribution in [1.29, 1.82) is 0 Å². The summed E-state index contributed by atoms with van der Waals surface area (Å²) < 4.78 is 15.2. The van der Waals surface area contributed by atoms with Crippen LogP contribution in [0.25, 0.3) is 5.65 Å². The summed E-state index contributed by atoms with van der Waals surface area (Å²) in [6.07, 6.45) is 1.42. The van der Waals surface area contributed by atoms with Crippen molar-refractivity contribution in [3.05, 3.63) is 52.1 Å². The minimum atomic E-state index is -0.812. The molecule has 0 saturated carbocycles. The molecule has 2 fully saturated rings. The van der Waals surface area contributed by atoms with Crippen molar-refractivity contribution in [2.45, 2.75) is 19.1 Å². The molecule has 8 nitrogen and oxygen atoms in total. The van der Waals surface area contributed by atoms with Gasteiger partial charge in [0.05, 0.1) is 12.7 Å². The molecule has 4 heterocycles. The van der Waals surface area contributed by atoms with Crippen LogP contribution in [-0.4, -0.2) is 82.3 Å². The lowest BCUT2D eigenvalue weighted by Crippen LogP contribution is -2.51. The summed E-state index contributed by atoms with van der Waals surface area (Å²) in [5.74, 6) is 1.68. The summed E-state index contributed by atoms with van der Waals surface area (Å²) in [5, 5.41) is 8.98. The van der Waals surface area contributed by atoms with Gasteiger partial charge in [-0.25, -0.2) is 9.37 Å². The van der Waals surface area contributed by atoms with E-state index in [1.807, 2.05) is 34.1 Å². The van der Waals surface area contributed by atoms with E-state index < -0.39 is 6.17 Å². The number of likely N-dealkylation sites (tertiary alicyclic amines) is 1. The van der Waals surface area contributed by atoms with Crippen LogP contribution in [0.3, 0.4) is 0 Å². The second kappa shape index (κ2) is 9.93. The van der Waals surface area contributed by atoms with Crippen LogP contribution in [0.4, 0.5) is 16.0 Å². The molecule has 0 bridgehead atoms. The van der Waals surface area contributed by atoms with E-state index in [0.29, 0.717) is 68.8 Å². The van der Waals surface area contributed by atoms with Gasteiger partial charge in [-0.05, 0) is 24.1 Å². The average molecular weight is 506 g/mol. The average Bonchev–Trinajstić information content (AvgIpc) is 3.47. The zero-order valence-corrected chi connectivity index (χ0v) is 20.1. The molecule has 2 saturated heterocycles. The highest BCUT2D eigenvalue weighted by Gasteiger charge is 2.27. The number of fused-ring (bicyclic) bond motifs is 1. The number of rotatable bonds is 6. The standard InChI is InChI=1S/C23H26Cl2FN7O/c24-17-2-1-16(19(25)11-17)13-27-21-12-22(29-20-3-5-28-33(20)21)31-7-9-32(10-8-31)23(34)15-30-6-4-18(26)14-30/h1-3,5,11-12,18,27H,4,6-10,13-15H2/t18-/m1/s1. The molecule has 1 N–H and O–H groups in total. The monoisotopic (exact) mass is 505 g/mol. The molecule has 2 aliphatic heterocycles. The highest BCUT2D eigenvalue weighted by Crippen LogP contribution is 2.24. The van der Waals surface area contributed by atoms with Gasteiger partial charge in [-0.1, -0.05) is 29.3 Å². The maximum atomic E-state index is 13.4. The molecule has 3 aromatic rings. The quantitative estimate of drug-likeness (QED) is 0.554. The Labute approximate surface area is 207 Å². The Bertz CT molecular complexity index is 1180. The predicted molar refractivity (Wildman–Crippen MR) is 132 cm³/mol. The lowest BCUT2D eigenvalue weighted by Gasteiger charge is -2.36. The first kappa shape index (κ1) is 23.1. The van der Waals surface area contributed by atoms with E-state index in [-0.39, 0.29) is 5.91 Å². The van der Waals surface area contributed by atoms with E-state index in [9.17, 15) is 9.18 Å².